The first-order valence-corrected chi connectivity index (χ1v) is 8.40. The van der Waals surface area contributed by atoms with Crippen molar-refractivity contribution < 1.29 is 4.39 Å². The van der Waals surface area contributed by atoms with Crippen LogP contribution in [0.2, 0.25) is 0 Å². The van der Waals surface area contributed by atoms with Crippen molar-refractivity contribution in [3.05, 3.63) is 78.8 Å². The number of fused-ring (bicyclic) bond motifs is 2. The van der Waals surface area contributed by atoms with Gasteiger partial charge in [-0.25, -0.2) is 19.3 Å². The van der Waals surface area contributed by atoms with Crippen LogP contribution in [0.15, 0.2) is 67.1 Å². The van der Waals surface area contributed by atoms with Crippen molar-refractivity contribution in [1.82, 2.24) is 29.1 Å². The Labute approximate surface area is 153 Å². The molecule has 1 N–H and O–H groups in total. The van der Waals surface area contributed by atoms with Crippen LogP contribution in [-0.4, -0.2) is 29.1 Å². The maximum atomic E-state index is 13.8. The van der Waals surface area contributed by atoms with Crippen LogP contribution >= 0.6 is 0 Å². The van der Waals surface area contributed by atoms with E-state index in [1.54, 1.807) is 22.8 Å². The Morgan fingerprint density at radius 1 is 1.00 bits per heavy atom. The van der Waals surface area contributed by atoms with Crippen LogP contribution in [0, 0.1) is 5.82 Å². The lowest BCUT2D eigenvalue weighted by Gasteiger charge is -2.11. The predicted molar refractivity (Wildman–Crippen MR) is 99.1 cm³/mol. The Balaban J connectivity index is 1.59. The monoisotopic (exact) mass is 359 g/mol. The molecule has 0 unspecified atom stereocenters. The molecule has 0 saturated heterocycles. The first-order valence-electron chi connectivity index (χ1n) is 8.40. The number of benzene rings is 2. The molecule has 27 heavy (non-hydrogen) atoms. The molecule has 0 bridgehead atoms. The summed E-state index contributed by atoms with van der Waals surface area (Å²) in [5.74, 6) is 0.997. The Hall–Kier alpha value is -3.81. The van der Waals surface area contributed by atoms with Gasteiger partial charge in [-0.3, -0.25) is 4.57 Å². The number of anilines is 1. The number of nitrogens with zero attached hydrogens (tertiary/aromatic N) is 6. The average Bonchev–Trinajstić information content (AvgIpc) is 3.31. The Bertz CT molecular complexity index is 1240. The largest absolute Gasteiger partial charge is 0.347 e. The summed E-state index contributed by atoms with van der Waals surface area (Å²) in [4.78, 5) is 13.1. The Kier molecular flexibility index (Phi) is 3.53. The summed E-state index contributed by atoms with van der Waals surface area (Å²) in [7, 11) is 0. The van der Waals surface area contributed by atoms with Crippen LogP contribution in [0.4, 0.5) is 10.3 Å². The molecule has 0 atom stereocenters. The van der Waals surface area contributed by atoms with Gasteiger partial charge in [0.1, 0.15) is 18.0 Å². The quantitative estimate of drug-likeness (QED) is 0.533. The van der Waals surface area contributed by atoms with Crippen molar-refractivity contribution in [2.75, 3.05) is 5.32 Å². The molecule has 0 aliphatic carbocycles. The van der Waals surface area contributed by atoms with Gasteiger partial charge in [-0.15, -0.1) is 0 Å². The number of rotatable bonds is 4. The van der Waals surface area contributed by atoms with E-state index in [0.717, 1.165) is 17.0 Å². The van der Waals surface area contributed by atoms with Gasteiger partial charge in [0.05, 0.1) is 23.8 Å². The van der Waals surface area contributed by atoms with E-state index in [9.17, 15) is 4.39 Å². The molecular formula is C19H14FN7. The minimum Gasteiger partial charge on any atom is -0.347 e. The fraction of sp³-hybridized carbons (Fsp3) is 0.0526. The number of hydrogen-bond donors (Lipinski definition) is 1. The molecule has 0 fully saturated rings. The van der Waals surface area contributed by atoms with Crippen molar-refractivity contribution >= 4 is 22.6 Å². The molecule has 8 heteroatoms. The fourth-order valence-electron chi connectivity index (χ4n) is 3.12. The molecule has 132 valence electrons. The second kappa shape index (κ2) is 6.17. The maximum Gasteiger partial charge on any atom is 0.227 e. The number of aromatic nitrogens is 6. The highest BCUT2D eigenvalue weighted by atomic mass is 19.1. The first kappa shape index (κ1) is 15.4. The maximum absolute atomic E-state index is 13.8. The third-order valence-electron chi connectivity index (χ3n) is 4.30. The Morgan fingerprint density at radius 2 is 1.89 bits per heavy atom. The van der Waals surface area contributed by atoms with Crippen LogP contribution in [0.3, 0.4) is 0 Å². The highest BCUT2D eigenvalue weighted by Gasteiger charge is 2.14. The van der Waals surface area contributed by atoms with Crippen molar-refractivity contribution in [3.8, 4) is 5.69 Å². The van der Waals surface area contributed by atoms with Gasteiger partial charge in [0.2, 0.25) is 5.95 Å². The Morgan fingerprint density at radius 3 is 2.78 bits per heavy atom. The van der Waals surface area contributed by atoms with E-state index in [-0.39, 0.29) is 5.82 Å². The summed E-state index contributed by atoms with van der Waals surface area (Å²) >= 11 is 0. The number of para-hydroxylation sites is 1. The van der Waals surface area contributed by atoms with Crippen molar-refractivity contribution in [3.63, 3.8) is 0 Å². The summed E-state index contributed by atoms with van der Waals surface area (Å²) in [5, 5.41) is 7.47. The van der Waals surface area contributed by atoms with Gasteiger partial charge in [0.15, 0.2) is 5.65 Å². The van der Waals surface area contributed by atoms with E-state index >= 15 is 0 Å². The van der Waals surface area contributed by atoms with Gasteiger partial charge in [-0.05, 0) is 24.3 Å². The molecule has 0 saturated carbocycles. The van der Waals surface area contributed by atoms with E-state index in [0.29, 0.717) is 23.7 Å². The van der Waals surface area contributed by atoms with Gasteiger partial charge in [-0.2, -0.15) is 9.61 Å². The summed E-state index contributed by atoms with van der Waals surface area (Å²) in [6.07, 6.45) is 3.14. The summed E-state index contributed by atoms with van der Waals surface area (Å²) in [6, 6.07) is 16.1. The second-order valence-electron chi connectivity index (χ2n) is 5.98. The van der Waals surface area contributed by atoms with E-state index in [4.69, 9.17) is 0 Å². The third kappa shape index (κ3) is 2.67. The summed E-state index contributed by atoms with van der Waals surface area (Å²) < 4.78 is 17.4. The van der Waals surface area contributed by atoms with E-state index in [2.05, 4.69) is 25.4 Å². The molecule has 5 rings (SSSR count). The van der Waals surface area contributed by atoms with Crippen LogP contribution < -0.4 is 5.32 Å². The van der Waals surface area contributed by atoms with Crippen LogP contribution in [0.25, 0.3) is 22.4 Å². The molecule has 0 aliphatic rings. The predicted octanol–water partition coefficient (Wildman–Crippen LogP) is 3.21. The van der Waals surface area contributed by atoms with Gasteiger partial charge >= 0.3 is 0 Å². The van der Waals surface area contributed by atoms with Gasteiger partial charge < -0.3 is 5.32 Å². The van der Waals surface area contributed by atoms with Crippen molar-refractivity contribution in [2.45, 2.75) is 6.54 Å². The van der Waals surface area contributed by atoms with Crippen LogP contribution in [0.5, 0.6) is 0 Å². The fourth-order valence-corrected chi connectivity index (χ4v) is 3.12. The number of nitrogens with one attached hydrogen (secondary N) is 1. The normalized spacial score (nSPS) is 11.3. The minimum absolute atomic E-state index is 0.298. The molecule has 0 spiro atoms. The molecule has 0 amide bonds. The molecule has 0 aliphatic heterocycles. The lowest BCUT2D eigenvalue weighted by atomic mass is 10.2. The average molecular weight is 359 g/mol. The van der Waals surface area contributed by atoms with Crippen LogP contribution in [-0.2, 0) is 6.54 Å². The molecule has 3 heterocycles. The highest BCUT2D eigenvalue weighted by Crippen LogP contribution is 2.23. The minimum atomic E-state index is -0.298. The number of halogens is 1. The van der Waals surface area contributed by atoms with E-state index in [1.165, 1.54) is 18.5 Å². The molecule has 2 aromatic carbocycles. The third-order valence-corrected chi connectivity index (χ3v) is 4.30. The van der Waals surface area contributed by atoms with Gasteiger partial charge in [-0.1, -0.05) is 18.2 Å². The second-order valence-corrected chi connectivity index (χ2v) is 5.98. The zero-order valence-corrected chi connectivity index (χ0v) is 14.1. The molecule has 0 radical (unpaired) electrons. The zero-order valence-electron chi connectivity index (χ0n) is 14.1. The molecule has 3 aromatic heterocycles. The molecule has 7 nitrogen and oxygen atoms in total. The van der Waals surface area contributed by atoms with E-state index < -0.39 is 0 Å². The van der Waals surface area contributed by atoms with Gasteiger partial charge in [0.25, 0.3) is 0 Å². The van der Waals surface area contributed by atoms with Crippen LogP contribution in [0.1, 0.15) is 5.82 Å². The lowest BCUT2D eigenvalue weighted by Crippen LogP contribution is -2.11. The van der Waals surface area contributed by atoms with E-state index in [1.807, 2.05) is 34.9 Å². The lowest BCUT2D eigenvalue weighted by molar-refractivity contribution is 0.629. The standard InChI is InChI=1S/C19H14FN7/c20-13-6-7-15-16(10-13)26(14-4-2-1-3-5-14)18(25-15)11-21-19-23-12-22-17-8-9-24-27(17)19/h1-10,12H,11H2,(H,21,22,23). The molecular weight excluding hydrogens is 345 g/mol. The van der Waals surface area contributed by atoms with Crippen molar-refractivity contribution in [2.24, 2.45) is 0 Å². The van der Waals surface area contributed by atoms with Crippen molar-refractivity contribution in [1.29, 1.82) is 0 Å². The number of hydrogen-bond acceptors (Lipinski definition) is 5. The topological polar surface area (TPSA) is 72.9 Å². The first-order chi connectivity index (χ1) is 13.3. The SMILES string of the molecule is Fc1ccc2nc(CNc3ncnc4ccnn34)n(-c3ccccc3)c2c1. The summed E-state index contributed by atoms with van der Waals surface area (Å²) in [6.45, 7) is 0.386. The van der Waals surface area contributed by atoms with Gasteiger partial charge in [0, 0.05) is 17.8 Å². The summed E-state index contributed by atoms with van der Waals surface area (Å²) in [5.41, 5.74) is 3.05. The highest BCUT2D eigenvalue weighted by molar-refractivity contribution is 5.78. The smallest absolute Gasteiger partial charge is 0.227 e. The molecule has 5 aromatic rings. The zero-order chi connectivity index (χ0) is 18.2. The number of imidazole rings is 1.